The van der Waals surface area contributed by atoms with E-state index in [9.17, 15) is 16.8 Å². The highest BCUT2D eigenvalue weighted by Gasteiger charge is 2.48. The molecule has 1 aliphatic heterocycles. The van der Waals surface area contributed by atoms with Crippen LogP contribution in [0.15, 0.2) is 101 Å². The molecular formula is C30H38N2O5S2. The molecule has 1 heterocycles. The highest BCUT2D eigenvalue weighted by Crippen LogP contribution is 2.42. The molecule has 2 unspecified atom stereocenters. The molecule has 4 rings (SSSR count). The predicted molar refractivity (Wildman–Crippen MR) is 153 cm³/mol. The first-order valence-electron chi connectivity index (χ1n) is 13.2. The number of benzene rings is 3. The summed E-state index contributed by atoms with van der Waals surface area (Å²) in [6.07, 6.45) is 1.89. The Morgan fingerprint density at radius 1 is 0.692 bits per heavy atom. The van der Waals surface area contributed by atoms with Crippen LogP contribution in [0.3, 0.4) is 0 Å². The van der Waals surface area contributed by atoms with Crippen LogP contribution in [-0.2, 0) is 24.9 Å². The third kappa shape index (κ3) is 5.98. The molecule has 1 fully saturated rings. The Balaban J connectivity index is 1.90. The molecular weight excluding hydrogens is 532 g/mol. The second-order valence-corrected chi connectivity index (χ2v) is 15.2. The van der Waals surface area contributed by atoms with Gasteiger partial charge in [0, 0.05) is 11.1 Å². The van der Waals surface area contributed by atoms with E-state index in [4.69, 9.17) is 4.84 Å². The summed E-state index contributed by atoms with van der Waals surface area (Å²) in [6, 6.07) is 23.4. The number of sulfonamides is 2. The van der Waals surface area contributed by atoms with Crippen molar-refractivity contribution < 1.29 is 21.7 Å². The first-order chi connectivity index (χ1) is 18.3. The molecule has 0 radical (unpaired) electrons. The smallest absolute Gasteiger partial charge is 0.256 e. The molecule has 7 nitrogen and oxygen atoms in total. The zero-order chi connectivity index (χ0) is 28.5. The van der Waals surface area contributed by atoms with Crippen LogP contribution in [0.25, 0.3) is 0 Å². The van der Waals surface area contributed by atoms with Gasteiger partial charge >= 0.3 is 0 Å². The summed E-state index contributed by atoms with van der Waals surface area (Å²) in [5, 5.41) is 1.94. The molecule has 0 N–H and O–H groups in total. The van der Waals surface area contributed by atoms with Gasteiger partial charge in [0.15, 0.2) is 0 Å². The van der Waals surface area contributed by atoms with Gasteiger partial charge in [-0.3, -0.25) is 4.84 Å². The highest BCUT2D eigenvalue weighted by atomic mass is 32.3. The monoisotopic (exact) mass is 570 g/mol. The third-order valence-electron chi connectivity index (χ3n) is 7.35. The SMILES string of the molecule is CC(C(ON1C(C)(C)CCCC1(C)C)c1ccccc1)N(S(=O)(=O)c1ccccc1)S(=O)(=O)c1ccccc1. The summed E-state index contributed by atoms with van der Waals surface area (Å²) < 4.78 is 57.2. The van der Waals surface area contributed by atoms with Crippen molar-refractivity contribution >= 4 is 20.0 Å². The van der Waals surface area contributed by atoms with E-state index in [1.807, 2.05) is 35.4 Å². The normalized spacial score (nSPS) is 19.4. The van der Waals surface area contributed by atoms with E-state index in [0.29, 0.717) is 9.27 Å². The van der Waals surface area contributed by atoms with E-state index in [0.717, 1.165) is 19.3 Å². The number of rotatable bonds is 9. The molecule has 0 aromatic heterocycles. The molecule has 3 aromatic carbocycles. The number of hydrogen-bond donors (Lipinski definition) is 0. The van der Waals surface area contributed by atoms with Crippen LogP contribution in [0.2, 0.25) is 0 Å². The minimum absolute atomic E-state index is 0.109. The lowest BCUT2D eigenvalue weighted by atomic mass is 9.82. The summed E-state index contributed by atoms with van der Waals surface area (Å²) in [5.41, 5.74) is -0.0232. The lowest BCUT2D eigenvalue weighted by Gasteiger charge is -2.53. The van der Waals surface area contributed by atoms with Gasteiger partial charge in [0.2, 0.25) is 0 Å². The van der Waals surface area contributed by atoms with Gasteiger partial charge in [0.1, 0.15) is 6.10 Å². The maximum Gasteiger partial charge on any atom is 0.256 e. The third-order valence-corrected chi connectivity index (χ3v) is 11.9. The lowest BCUT2D eigenvalue weighted by molar-refractivity contribution is -0.311. The summed E-state index contributed by atoms with van der Waals surface area (Å²) in [7, 11) is -9.02. The topological polar surface area (TPSA) is 84.0 Å². The van der Waals surface area contributed by atoms with Crippen LogP contribution < -0.4 is 0 Å². The Labute approximate surface area is 233 Å². The van der Waals surface area contributed by atoms with Crippen LogP contribution in [-0.4, -0.2) is 42.7 Å². The number of hydroxylamine groups is 2. The molecule has 2 atom stereocenters. The number of piperidine rings is 1. The first kappa shape index (κ1) is 29.4. The minimum Gasteiger partial charge on any atom is -0.288 e. The van der Waals surface area contributed by atoms with Gasteiger partial charge in [-0.2, -0.15) is 5.06 Å². The number of hydrogen-bond acceptors (Lipinski definition) is 6. The van der Waals surface area contributed by atoms with Crippen LogP contribution in [0, 0.1) is 0 Å². The fourth-order valence-corrected chi connectivity index (χ4v) is 9.58. The van der Waals surface area contributed by atoms with Gasteiger partial charge in [0.25, 0.3) is 20.0 Å². The van der Waals surface area contributed by atoms with Crippen molar-refractivity contribution in [3.8, 4) is 0 Å². The van der Waals surface area contributed by atoms with Crippen molar-refractivity contribution in [2.75, 3.05) is 0 Å². The van der Waals surface area contributed by atoms with Crippen molar-refractivity contribution in [3.05, 3.63) is 96.6 Å². The van der Waals surface area contributed by atoms with E-state index in [2.05, 4.69) is 27.7 Å². The summed E-state index contributed by atoms with van der Waals surface area (Å²) in [4.78, 5) is 6.56. The van der Waals surface area contributed by atoms with Gasteiger partial charge in [-0.1, -0.05) is 70.4 Å². The zero-order valence-corrected chi connectivity index (χ0v) is 24.8. The molecule has 0 bridgehead atoms. The minimum atomic E-state index is -4.51. The number of nitrogens with zero attached hydrogens (tertiary/aromatic N) is 2. The van der Waals surface area contributed by atoms with Crippen molar-refractivity contribution in [2.45, 2.75) is 86.9 Å². The summed E-state index contributed by atoms with van der Waals surface area (Å²) in [5.74, 6) is 0. The quantitative estimate of drug-likeness (QED) is 0.306. The van der Waals surface area contributed by atoms with Crippen LogP contribution >= 0.6 is 0 Å². The Kier molecular flexibility index (Phi) is 8.40. The Hall–Kier alpha value is -2.56. The second kappa shape index (κ2) is 11.1. The van der Waals surface area contributed by atoms with Gasteiger partial charge < -0.3 is 0 Å². The average molecular weight is 571 g/mol. The Bertz CT molecular complexity index is 1370. The molecule has 0 amide bonds. The van der Waals surface area contributed by atoms with E-state index in [1.54, 1.807) is 43.3 Å². The van der Waals surface area contributed by atoms with E-state index in [-0.39, 0.29) is 20.9 Å². The van der Waals surface area contributed by atoms with E-state index in [1.165, 1.54) is 24.3 Å². The van der Waals surface area contributed by atoms with Crippen molar-refractivity contribution in [2.24, 2.45) is 0 Å². The van der Waals surface area contributed by atoms with Gasteiger partial charge in [0.05, 0.1) is 15.8 Å². The van der Waals surface area contributed by atoms with Gasteiger partial charge in [-0.15, -0.1) is 0 Å². The predicted octanol–water partition coefficient (Wildman–Crippen LogP) is 6.17. The fraction of sp³-hybridized carbons (Fsp3) is 0.400. The van der Waals surface area contributed by atoms with Crippen LogP contribution in [0.4, 0.5) is 0 Å². The molecule has 1 aliphatic rings. The van der Waals surface area contributed by atoms with Gasteiger partial charge in [-0.05, 0) is 83.7 Å². The Morgan fingerprint density at radius 3 is 1.49 bits per heavy atom. The molecule has 210 valence electrons. The first-order valence-corrected chi connectivity index (χ1v) is 16.1. The molecule has 9 heteroatoms. The highest BCUT2D eigenvalue weighted by molar-refractivity contribution is 8.04. The second-order valence-electron chi connectivity index (χ2n) is 11.3. The maximum absolute atomic E-state index is 14.2. The molecule has 39 heavy (non-hydrogen) atoms. The molecule has 1 saturated heterocycles. The Morgan fingerprint density at radius 2 is 1.08 bits per heavy atom. The molecule has 3 aromatic rings. The van der Waals surface area contributed by atoms with Crippen LogP contribution in [0.5, 0.6) is 0 Å². The molecule has 0 spiro atoms. The maximum atomic E-state index is 14.2. The zero-order valence-electron chi connectivity index (χ0n) is 23.2. The molecule has 0 aliphatic carbocycles. The lowest BCUT2D eigenvalue weighted by Crippen LogP contribution is -2.59. The van der Waals surface area contributed by atoms with Crippen molar-refractivity contribution in [1.29, 1.82) is 0 Å². The largest absolute Gasteiger partial charge is 0.288 e. The van der Waals surface area contributed by atoms with Crippen LogP contribution in [0.1, 0.15) is 65.5 Å². The molecule has 0 saturated carbocycles. The van der Waals surface area contributed by atoms with Gasteiger partial charge in [-0.25, -0.2) is 16.8 Å². The van der Waals surface area contributed by atoms with Crippen molar-refractivity contribution in [1.82, 2.24) is 8.77 Å². The standard InChI is InChI=1S/C30H38N2O5S2/c1-24(28(25-16-9-6-10-17-25)37-32-29(2,3)22-15-23-30(32,4)5)31(38(33,34)26-18-11-7-12-19-26)39(35,36)27-20-13-8-14-21-27/h6-14,16-21,24,28H,15,22-23H2,1-5H3. The van der Waals surface area contributed by atoms with Crippen molar-refractivity contribution in [3.63, 3.8) is 0 Å². The average Bonchev–Trinajstić information content (AvgIpc) is 2.89. The summed E-state index contributed by atoms with van der Waals surface area (Å²) >= 11 is 0. The van der Waals surface area contributed by atoms with E-state index >= 15 is 0 Å². The summed E-state index contributed by atoms with van der Waals surface area (Å²) in [6.45, 7) is 9.99. The van der Waals surface area contributed by atoms with E-state index < -0.39 is 32.2 Å². The fourth-order valence-electron chi connectivity index (χ4n) is 5.52.